The van der Waals surface area contributed by atoms with E-state index in [1.807, 2.05) is 0 Å². The van der Waals surface area contributed by atoms with Gasteiger partial charge < -0.3 is 0 Å². The van der Waals surface area contributed by atoms with Gasteiger partial charge in [-0.05, 0) is 57.7 Å². The molecule has 0 aromatic rings. The molecule has 0 nitrogen and oxygen atoms in total. The highest BCUT2D eigenvalue weighted by atomic mass is 127. The molecule has 0 amide bonds. The molecule has 0 saturated heterocycles. The molecular weight excluding hydrogens is 315 g/mol. The fourth-order valence-corrected chi connectivity index (χ4v) is 8.38. The molecule has 0 aromatic carbocycles. The molecule has 0 fully saturated rings. The van der Waals surface area contributed by atoms with Gasteiger partial charge in [0.25, 0.3) is 0 Å². The van der Waals surface area contributed by atoms with Crippen molar-refractivity contribution in [2.24, 2.45) is 0 Å². The Hall–Kier alpha value is 1.08. The molecule has 0 aliphatic carbocycles. The molecule has 0 rings (SSSR count). The molecule has 15 heavy (non-hydrogen) atoms. The minimum atomic E-state index is -0.256. The number of hydrogen-bond acceptors (Lipinski definition) is 0. The first-order chi connectivity index (χ1) is 7.18. The Labute approximate surface area is 111 Å². The minimum Gasteiger partial charge on any atom is -0.187 e. The average Bonchev–Trinajstić information content (AvgIpc) is 2.18. The summed E-state index contributed by atoms with van der Waals surface area (Å²) in [4.78, 5) is 0. The summed E-state index contributed by atoms with van der Waals surface area (Å²) < 4.78 is 0. The van der Waals surface area contributed by atoms with Gasteiger partial charge in [-0.2, -0.15) is 7.20 Å². The summed E-state index contributed by atoms with van der Waals surface area (Å²) in [6.45, 7) is 6.97. The lowest BCUT2D eigenvalue weighted by Gasteiger charge is -2.33. The van der Waals surface area contributed by atoms with Crippen LogP contribution in [0.25, 0.3) is 0 Å². The van der Waals surface area contributed by atoms with Crippen molar-refractivity contribution in [1.82, 2.24) is 0 Å². The quantitative estimate of drug-likeness (QED) is 0.340. The third-order valence-electron chi connectivity index (χ3n) is 2.75. The van der Waals surface area contributed by atoms with Crippen LogP contribution in [0.3, 0.4) is 0 Å². The summed E-state index contributed by atoms with van der Waals surface area (Å²) in [5.41, 5.74) is 0. The highest BCUT2D eigenvalue weighted by Gasteiger charge is 2.17. The second-order valence-corrected chi connectivity index (χ2v) is 13.2. The van der Waals surface area contributed by atoms with Crippen molar-refractivity contribution < 1.29 is 0 Å². The third kappa shape index (κ3) is 8.84. The number of rotatable bonds is 10. The Bertz CT molecular complexity index is 130. The van der Waals surface area contributed by atoms with Crippen molar-refractivity contribution in [1.29, 1.82) is 0 Å². The SMILES string of the molecule is CCCCCCCS(I)(CCC)CCC. The summed E-state index contributed by atoms with van der Waals surface area (Å²) in [5.74, 6) is 4.52. The van der Waals surface area contributed by atoms with Crippen molar-refractivity contribution in [3.63, 3.8) is 0 Å². The molecule has 0 saturated carbocycles. The molecule has 2 heteroatoms. The van der Waals surface area contributed by atoms with Crippen molar-refractivity contribution in [2.75, 3.05) is 17.3 Å². The second-order valence-electron chi connectivity index (χ2n) is 4.47. The van der Waals surface area contributed by atoms with Gasteiger partial charge in [-0.15, -0.1) is 0 Å². The van der Waals surface area contributed by atoms with Gasteiger partial charge in [0.05, 0.1) is 0 Å². The van der Waals surface area contributed by atoms with Gasteiger partial charge >= 0.3 is 0 Å². The van der Waals surface area contributed by atoms with Crippen LogP contribution in [0.1, 0.15) is 65.7 Å². The van der Waals surface area contributed by atoms with Crippen LogP contribution >= 0.6 is 28.4 Å². The van der Waals surface area contributed by atoms with Crippen molar-refractivity contribution in [3.8, 4) is 0 Å². The molecule has 0 unspecified atom stereocenters. The molecule has 0 N–H and O–H groups in total. The molecule has 0 aliphatic rings. The summed E-state index contributed by atoms with van der Waals surface area (Å²) in [7, 11) is -0.256. The molecule has 0 aliphatic heterocycles. The smallest absolute Gasteiger partial charge is 0.0144 e. The maximum Gasteiger partial charge on any atom is -0.0144 e. The zero-order valence-corrected chi connectivity index (χ0v) is 13.8. The van der Waals surface area contributed by atoms with Crippen LogP contribution < -0.4 is 0 Å². The van der Waals surface area contributed by atoms with E-state index in [1.54, 1.807) is 0 Å². The lowest BCUT2D eigenvalue weighted by Crippen LogP contribution is -2.06. The van der Waals surface area contributed by atoms with Crippen molar-refractivity contribution in [2.45, 2.75) is 65.7 Å². The van der Waals surface area contributed by atoms with Gasteiger partial charge in [-0.25, -0.2) is 0 Å². The van der Waals surface area contributed by atoms with E-state index in [2.05, 4.69) is 42.0 Å². The van der Waals surface area contributed by atoms with E-state index in [4.69, 9.17) is 0 Å². The number of halogens is 1. The van der Waals surface area contributed by atoms with E-state index in [-0.39, 0.29) is 7.20 Å². The van der Waals surface area contributed by atoms with Crippen LogP contribution in [0.15, 0.2) is 0 Å². The first-order valence-electron chi connectivity index (χ1n) is 6.64. The van der Waals surface area contributed by atoms with Crippen LogP contribution in [-0.4, -0.2) is 17.3 Å². The van der Waals surface area contributed by atoms with Gasteiger partial charge in [0.1, 0.15) is 0 Å². The summed E-state index contributed by atoms with van der Waals surface area (Å²) >= 11 is 2.82. The zero-order valence-electron chi connectivity index (χ0n) is 10.9. The Morgan fingerprint density at radius 3 is 1.67 bits per heavy atom. The van der Waals surface area contributed by atoms with Gasteiger partial charge in [-0.3, -0.25) is 0 Å². The maximum absolute atomic E-state index is 2.82. The highest BCUT2D eigenvalue weighted by Crippen LogP contribution is 2.57. The topological polar surface area (TPSA) is 0 Å². The van der Waals surface area contributed by atoms with Crippen LogP contribution in [-0.2, 0) is 0 Å². The summed E-state index contributed by atoms with van der Waals surface area (Å²) in [6, 6.07) is 0. The standard InChI is InChI=1S/C13H29IS/c1-4-7-8-9-10-13-15(14,11-5-2)12-6-3/h4-13H2,1-3H3. The summed E-state index contributed by atoms with van der Waals surface area (Å²) in [6.07, 6.45) is 9.98. The van der Waals surface area contributed by atoms with Crippen molar-refractivity contribution >= 4 is 28.4 Å². The largest absolute Gasteiger partial charge is 0.187 e. The fraction of sp³-hybridized carbons (Fsp3) is 1.00. The molecule has 94 valence electrons. The molecule has 0 aromatic heterocycles. The van der Waals surface area contributed by atoms with Gasteiger partial charge in [-0.1, -0.05) is 46.5 Å². The van der Waals surface area contributed by atoms with Gasteiger partial charge in [0, 0.05) is 0 Å². The lowest BCUT2D eigenvalue weighted by atomic mass is 10.2. The van der Waals surface area contributed by atoms with Gasteiger partial charge in [0.15, 0.2) is 0 Å². The minimum absolute atomic E-state index is 0.256. The Kier molecular flexibility index (Phi) is 11.0. The van der Waals surface area contributed by atoms with E-state index in [0.29, 0.717) is 0 Å². The molecule has 0 atom stereocenters. The Morgan fingerprint density at radius 1 is 0.667 bits per heavy atom. The molecular formula is C13H29IS. The number of unbranched alkanes of at least 4 members (excludes halogenated alkanes) is 4. The number of hydrogen-bond donors (Lipinski definition) is 0. The van der Waals surface area contributed by atoms with E-state index < -0.39 is 0 Å². The van der Waals surface area contributed by atoms with Crippen molar-refractivity contribution in [3.05, 3.63) is 0 Å². The Morgan fingerprint density at radius 2 is 1.20 bits per heavy atom. The zero-order chi connectivity index (χ0) is 11.6. The highest BCUT2D eigenvalue weighted by molar-refractivity contribution is 14.2. The van der Waals surface area contributed by atoms with Gasteiger partial charge in [0.2, 0.25) is 0 Å². The fourth-order valence-electron chi connectivity index (χ4n) is 2.00. The first kappa shape index (κ1) is 16.1. The van der Waals surface area contributed by atoms with Crippen LogP contribution in [0.5, 0.6) is 0 Å². The third-order valence-corrected chi connectivity index (χ3v) is 10.0. The van der Waals surface area contributed by atoms with E-state index in [9.17, 15) is 0 Å². The van der Waals surface area contributed by atoms with E-state index >= 15 is 0 Å². The second kappa shape index (κ2) is 10.2. The average molecular weight is 344 g/mol. The van der Waals surface area contributed by atoms with Crippen LogP contribution in [0, 0.1) is 0 Å². The van der Waals surface area contributed by atoms with E-state index in [1.165, 1.54) is 62.2 Å². The monoisotopic (exact) mass is 344 g/mol. The molecule has 0 heterocycles. The van der Waals surface area contributed by atoms with Crippen LogP contribution in [0.2, 0.25) is 0 Å². The predicted octanol–water partition coefficient (Wildman–Crippen LogP) is 5.93. The summed E-state index contributed by atoms with van der Waals surface area (Å²) in [5, 5.41) is 0. The molecule has 0 spiro atoms. The van der Waals surface area contributed by atoms with Crippen LogP contribution in [0.4, 0.5) is 0 Å². The van der Waals surface area contributed by atoms with E-state index in [0.717, 1.165) is 0 Å². The Balaban J connectivity index is 3.65. The lowest BCUT2D eigenvalue weighted by molar-refractivity contribution is 0.658. The maximum atomic E-state index is 2.82. The molecule has 0 bridgehead atoms. The molecule has 0 radical (unpaired) electrons. The predicted molar refractivity (Wildman–Crippen MR) is 85.6 cm³/mol. The normalized spacial score (nSPS) is 13.1. The first-order valence-corrected chi connectivity index (χ1v) is 11.3.